The third-order valence-electron chi connectivity index (χ3n) is 2.20. The summed E-state index contributed by atoms with van der Waals surface area (Å²) >= 11 is 0. The second-order valence-electron chi connectivity index (χ2n) is 3.89. The fourth-order valence-electron chi connectivity index (χ4n) is 1.24. The molecule has 1 atom stereocenters. The van der Waals surface area contributed by atoms with Crippen molar-refractivity contribution in [3.63, 3.8) is 0 Å². The van der Waals surface area contributed by atoms with E-state index >= 15 is 0 Å². The van der Waals surface area contributed by atoms with E-state index in [2.05, 4.69) is 0 Å². The second kappa shape index (κ2) is 12.6. The summed E-state index contributed by atoms with van der Waals surface area (Å²) in [7, 11) is 0. The molecule has 0 nitrogen and oxygen atoms in total. The topological polar surface area (TPSA) is 0 Å². The summed E-state index contributed by atoms with van der Waals surface area (Å²) in [6.45, 7) is 0. The maximum absolute atomic E-state index is 11.9. The summed E-state index contributed by atoms with van der Waals surface area (Å²) in [6, 6.07) is 23.8. The molecule has 0 amide bonds. The van der Waals surface area contributed by atoms with E-state index in [0.717, 1.165) is 0 Å². The first-order valence-electron chi connectivity index (χ1n) is 6.30. The third-order valence-corrected chi connectivity index (χ3v) is 2.20. The Morgan fingerprint density at radius 3 is 0.636 bits per heavy atom. The fourth-order valence-corrected chi connectivity index (χ4v) is 1.24. The minimum atomic E-state index is -0.178. The zero-order chi connectivity index (χ0) is 15.3. The van der Waals surface area contributed by atoms with E-state index in [9.17, 15) is 13.2 Å². The molecule has 0 aliphatic heterocycles. The molecule has 3 aromatic carbocycles. The molecule has 0 saturated heterocycles. The lowest BCUT2D eigenvalue weighted by Gasteiger charge is -1.78. The van der Waals surface area contributed by atoms with Gasteiger partial charge in [0.25, 0.3) is 0 Å². The Balaban J connectivity index is 0.000000294. The molecule has 1 unspecified atom stereocenters. The Morgan fingerprint density at radius 1 is 0.364 bits per heavy atom. The van der Waals surface area contributed by atoms with E-state index in [1.54, 1.807) is 54.6 Å². The minimum absolute atomic E-state index is 0. The van der Waals surface area contributed by atoms with Gasteiger partial charge in [0.2, 0.25) is 0 Å². The predicted octanol–water partition coefficient (Wildman–Crippen LogP) is 5.54. The van der Waals surface area contributed by atoms with Crippen molar-refractivity contribution in [2.45, 2.75) is 0 Å². The highest BCUT2D eigenvalue weighted by molar-refractivity contribution is 6.92. The number of benzene rings is 3. The average molecular weight is 322 g/mol. The van der Waals surface area contributed by atoms with Crippen molar-refractivity contribution in [1.29, 1.82) is 0 Å². The molecule has 0 saturated carbocycles. The van der Waals surface area contributed by atoms with E-state index in [1.165, 1.54) is 36.4 Å². The minimum Gasteiger partial charge on any atom is -0.207 e. The van der Waals surface area contributed by atoms with Crippen molar-refractivity contribution in [3.8, 4) is 0 Å². The summed E-state index contributed by atoms with van der Waals surface area (Å²) in [5.74, 6) is -0.535. The molecular weight excluding hydrogens is 304 g/mol. The Morgan fingerprint density at radius 2 is 0.545 bits per heavy atom. The van der Waals surface area contributed by atoms with E-state index < -0.39 is 0 Å². The van der Waals surface area contributed by atoms with Gasteiger partial charge in [-0.05, 0) is 36.4 Å². The number of halogens is 3. The van der Waals surface area contributed by atoms with Crippen LogP contribution in [0, 0.1) is 17.5 Å². The average Bonchev–Trinajstić information content (AvgIpc) is 2.51. The van der Waals surface area contributed by atoms with Gasteiger partial charge in [0.15, 0.2) is 0 Å². The summed E-state index contributed by atoms with van der Waals surface area (Å²) in [4.78, 5) is 0. The van der Waals surface area contributed by atoms with Gasteiger partial charge in [0, 0.05) is 0 Å². The smallest absolute Gasteiger partial charge is 0.123 e. The quantitative estimate of drug-likeness (QED) is 0.477. The van der Waals surface area contributed by atoms with Gasteiger partial charge in [-0.15, -0.1) is 0 Å². The Hall–Kier alpha value is -2.12. The molecule has 0 fully saturated rings. The molecule has 3 aromatic rings. The van der Waals surface area contributed by atoms with E-state index in [1.807, 2.05) is 0 Å². The van der Waals surface area contributed by atoms with Gasteiger partial charge in [0.1, 0.15) is 17.5 Å². The molecule has 0 aliphatic carbocycles. The monoisotopic (exact) mass is 322 g/mol. The normalized spacial score (nSPS) is 8.32. The molecule has 116 valence electrons. The largest absolute Gasteiger partial charge is 0.207 e. The van der Waals surface area contributed by atoms with Crippen LogP contribution in [0.5, 0.6) is 0 Å². The lowest BCUT2D eigenvalue weighted by Crippen LogP contribution is -1.63. The molecular formula is C18H18F3P. The summed E-state index contributed by atoms with van der Waals surface area (Å²) in [5.41, 5.74) is 0. The van der Waals surface area contributed by atoms with Crippen molar-refractivity contribution in [3.05, 3.63) is 108 Å². The molecule has 0 spiro atoms. The van der Waals surface area contributed by atoms with Gasteiger partial charge in [-0.2, -0.15) is 9.90 Å². The first-order chi connectivity index (χ1) is 10.2. The van der Waals surface area contributed by atoms with Crippen LogP contribution in [0.2, 0.25) is 0 Å². The second-order valence-corrected chi connectivity index (χ2v) is 3.89. The molecule has 0 N–H and O–H groups in total. The summed E-state index contributed by atoms with van der Waals surface area (Å²) in [5, 5.41) is 0. The van der Waals surface area contributed by atoms with Crippen molar-refractivity contribution in [2.24, 2.45) is 0 Å². The molecule has 0 bridgehead atoms. The van der Waals surface area contributed by atoms with Gasteiger partial charge in [-0.3, -0.25) is 0 Å². The van der Waals surface area contributed by atoms with Crippen LogP contribution in [0.4, 0.5) is 13.2 Å². The SMILES string of the molecule is Fc1ccccc1.Fc1ccccc1.Fc1ccccc1.P. The molecule has 0 radical (unpaired) electrons. The van der Waals surface area contributed by atoms with Crippen molar-refractivity contribution in [2.75, 3.05) is 0 Å². The molecule has 4 heteroatoms. The van der Waals surface area contributed by atoms with Crippen molar-refractivity contribution in [1.82, 2.24) is 0 Å². The highest BCUT2D eigenvalue weighted by Gasteiger charge is 1.78. The van der Waals surface area contributed by atoms with Crippen LogP contribution >= 0.6 is 9.90 Å². The lowest BCUT2D eigenvalue weighted by atomic mass is 10.4. The van der Waals surface area contributed by atoms with Gasteiger partial charge in [-0.1, -0.05) is 54.6 Å². The highest BCUT2D eigenvalue weighted by Crippen LogP contribution is 1.93. The number of hydrogen-bond donors (Lipinski definition) is 0. The zero-order valence-corrected chi connectivity index (χ0v) is 13.4. The molecule has 3 rings (SSSR count). The molecule has 0 aromatic heterocycles. The van der Waals surface area contributed by atoms with Crippen LogP contribution in [0.1, 0.15) is 0 Å². The van der Waals surface area contributed by atoms with Crippen LogP contribution in [-0.2, 0) is 0 Å². The van der Waals surface area contributed by atoms with Gasteiger partial charge in [0.05, 0.1) is 0 Å². The molecule has 0 aliphatic rings. The van der Waals surface area contributed by atoms with Gasteiger partial charge < -0.3 is 0 Å². The zero-order valence-electron chi connectivity index (χ0n) is 12.0. The van der Waals surface area contributed by atoms with Gasteiger partial charge >= 0.3 is 0 Å². The summed E-state index contributed by atoms with van der Waals surface area (Å²) < 4.78 is 35.7. The Labute approximate surface area is 132 Å². The van der Waals surface area contributed by atoms with Crippen LogP contribution in [0.3, 0.4) is 0 Å². The van der Waals surface area contributed by atoms with Crippen molar-refractivity contribution < 1.29 is 13.2 Å². The van der Waals surface area contributed by atoms with Crippen molar-refractivity contribution >= 4 is 9.90 Å². The predicted molar refractivity (Wildman–Crippen MR) is 90.3 cm³/mol. The highest BCUT2D eigenvalue weighted by atomic mass is 31.0. The van der Waals surface area contributed by atoms with Crippen LogP contribution in [0.25, 0.3) is 0 Å². The lowest BCUT2D eigenvalue weighted by molar-refractivity contribution is 0.627. The van der Waals surface area contributed by atoms with Crippen LogP contribution in [-0.4, -0.2) is 0 Å². The summed E-state index contributed by atoms with van der Waals surface area (Å²) in [6.07, 6.45) is 0. The van der Waals surface area contributed by atoms with Gasteiger partial charge in [-0.25, -0.2) is 13.2 Å². The Bertz CT molecular complexity index is 497. The number of rotatable bonds is 0. The van der Waals surface area contributed by atoms with Crippen LogP contribution < -0.4 is 0 Å². The first kappa shape index (κ1) is 19.9. The Kier molecular flexibility index (Phi) is 11.4. The fraction of sp³-hybridized carbons (Fsp3) is 0. The number of hydrogen-bond acceptors (Lipinski definition) is 0. The maximum Gasteiger partial charge on any atom is 0.123 e. The maximum atomic E-state index is 11.9. The first-order valence-corrected chi connectivity index (χ1v) is 6.30. The molecule has 22 heavy (non-hydrogen) atoms. The third kappa shape index (κ3) is 10.6. The molecule has 0 heterocycles. The van der Waals surface area contributed by atoms with E-state index in [0.29, 0.717) is 0 Å². The van der Waals surface area contributed by atoms with E-state index in [-0.39, 0.29) is 27.4 Å². The van der Waals surface area contributed by atoms with Crippen LogP contribution in [0.15, 0.2) is 91.0 Å². The standard InChI is InChI=1S/3C6H5F.H3P/c3*7-6-4-2-1-3-5-6;/h3*1-5H;1H3. The van der Waals surface area contributed by atoms with E-state index in [4.69, 9.17) is 0 Å².